The molecule has 0 radical (unpaired) electrons. The Hall–Kier alpha value is -4.31. The Balaban J connectivity index is 1.95. The normalized spacial score (nSPS) is 14.1. The quantitative estimate of drug-likeness (QED) is 0.352. The Morgan fingerprint density at radius 3 is 2.17 bits per heavy atom. The predicted molar refractivity (Wildman–Crippen MR) is 126 cm³/mol. The summed E-state index contributed by atoms with van der Waals surface area (Å²) >= 11 is 0. The largest absolute Gasteiger partial charge is 0.465 e. The Morgan fingerprint density at radius 1 is 0.861 bits per heavy atom. The Labute approximate surface area is 206 Å². The number of rotatable bonds is 7. The molecule has 1 heterocycles. The van der Waals surface area contributed by atoms with Crippen molar-refractivity contribution in [2.24, 2.45) is 0 Å². The third-order valence-corrected chi connectivity index (χ3v) is 7.07. The molecule has 0 saturated carbocycles. The maximum Gasteiger partial charge on any atom is 0.343 e. The van der Waals surface area contributed by atoms with Crippen molar-refractivity contribution in [3.8, 4) is 0 Å². The molecule has 3 aromatic carbocycles. The molecule has 0 aromatic heterocycles. The van der Waals surface area contributed by atoms with E-state index in [0.29, 0.717) is 4.31 Å². The van der Waals surface area contributed by atoms with Gasteiger partial charge in [-0.05, 0) is 43.3 Å². The van der Waals surface area contributed by atoms with E-state index < -0.39 is 45.8 Å². The van der Waals surface area contributed by atoms with Crippen LogP contribution in [-0.2, 0) is 24.3 Å². The number of nitrogens with zero attached hydrogens (tertiary/aromatic N) is 1. The van der Waals surface area contributed by atoms with Gasteiger partial charge in [-0.2, -0.15) is 0 Å². The summed E-state index contributed by atoms with van der Waals surface area (Å²) in [5, 5.41) is 0. The van der Waals surface area contributed by atoms with Crippen molar-refractivity contribution in [3.05, 3.63) is 107 Å². The van der Waals surface area contributed by atoms with E-state index in [0.717, 1.165) is 12.1 Å². The first-order valence-corrected chi connectivity index (χ1v) is 12.3. The smallest absolute Gasteiger partial charge is 0.343 e. The summed E-state index contributed by atoms with van der Waals surface area (Å²) in [5.74, 6) is -3.57. The molecule has 8 nitrogen and oxygen atoms in total. The summed E-state index contributed by atoms with van der Waals surface area (Å²) in [7, 11) is -4.42. The van der Waals surface area contributed by atoms with Crippen LogP contribution in [0.15, 0.2) is 89.5 Å². The van der Waals surface area contributed by atoms with Gasteiger partial charge in [0.1, 0.15) is 18.1 Å². The van der Waals surface area contributed by atoms with Gasteiger partial charge in [-0.25, -0.2) is 21.9 Å². The van der Waals surface area contributed by atoms with E-state index in [9.17, 15) is 27.2 Å². The number of Topliss-reactive ketones (excluding diaryl/α,β-unsaturated/α-hetero) is 1. The molecule has 0 saturated heterocycles. The minimum absolute atomic E-state index is 0.0125. The van der Waals surface area contributed by atoms with E-state index >= 15 is 0 Å². The molecule has 0 fully saturated rings. The monoisotopic (exact) mass is 509 g/mol. The molecule has 0 unspecified atom stereocenters. The minimum Gasteiger partial charge on any atom is -0.465 e. The van der Waals surface area contributed by atoms with Gasteiger partial charge in [0.2, 0.25) is 5.78 Å². The maximum atomic E-state index is 13.7. The van der Waals surface area contributed by atoms with Gasteiger partial charge in [-0.3, -0.25) is 9.59 Å². The number of sulfonamides is 1. The first kappa shape index (κ1) is 24.8. The second kappa shape index (κ2) is 10.1. The molecule has 4 rings (SSSR count). The van der Waals surface area contributed by atoms with E-state index in [2.05, 4.69) is 0 Å². The molecule has 184 valence electrons. The highest BCUT2D eigenvalue weighted by molar-refractivity contribution is 7.89. The summed E-state index contributed by atoms with van der Waals surface area (Å²) in [6.07, 6.45) is 0. The van der Waals surface area contributed by atoms with Crippen LogP contribution in [0.2, 0.25) is 0 Å². The van der Waals surface area contributed by atoms with E-state index in [-0.39, 0.29) is 34.0 Å². The first-order chi connectivity index (χ1) is 17.2. The molecule has 36 heavy (non-hydrogen) atoms. The number of ketones is 1. The zero-order valence-electron chi connectivity index (χ0n) is 19.0. The van der Waals surface area contributed by atoms with Crippen LogP contribution in [0, 0.1) is 5.82 Å². The third kappa shape index (κ3) is 4.76. The number of fused-ring (bicyclic) bond motifs is 1. The molecule has 0 spiro atoms. The van der Waals surface area contributed by atoms with Crippen molar-refractivity contribution in [2.75, 3.05) is 13.2 Å². The maximum absolute atomic E-state index is 13.7. The van der Waals surface area contributed by atoms with Gasteiger partial charge in [0, 0.05) is 11.1 Å². The molecule has 3 aromatic rings. The number of carbonyl (C=O) groups excluding carboxylic acids is 3. The van der Waals surface area contributed by atoms with Crippen LogP contribution in [0.1, 0.15) is 33.2 Å². The highest BCUT2D eigenvalue weighted by Gasteiger charge is 2.43. The van der Waals surface area contributed by atoms with Crippen molar-refractivity contribution in [1.29, 1.82) is 0 Å². The zero-order chi connectivity index (χ0) is 25.9. The van der Waals surface area contributed by atoms with Crippen LogP contribution in [0.3, 0.4) is 0 Å². The fraction of sp³-hybridized carbons (Fsp3) is 0.115. The molecule has 0 N–H and O–H groups in total. The summed E-state index contributed by atoms with van der Waals surface area (Å²) in [4.78, 5) is 38.8. The molecule has 1 aliphatic heterocycles. The first-order valence-electron chi connectivity index (χ1n) is 10.8. The van der Waals surface area contributed by atoms with Crippen molar-refractivity contribution in [3.63, 3.8) is 0 Å². The van der Waals surface area contributed by atoms with Crippen molar-refractivity contribution >= 4 is 33.5 Å². The summed E-state index contributed by atoms with van der Waals surface area (Å²) in [5.41, 5.74) is -0.486. The Kier molecular flexibility index (Phi) is 6.98. The average molecular weight is 510 g/mol. The number of hydrogen-bond donors (Lipinski definition) is 0. The molecular weight excluding hydrogens is 489 g/mol. The second-order valence-corrected chi connectivity index (χ2v) is 9.41. The van der Waals surface area contributed by atoms with Crippen LogP contribution in [-0.4, -0.2) is 43.6 Å². The van der Waals surface area contributed by atoms with E-state index in [1.807, 2.05) is 0 Å². The number of halogens is 1. The van der Waals surface area contributed by atoms with Gasteiger partial charge in [-0.1, -0.05) is 42.5 Å². The molecule has 0 bridgehead atoms. The van der Waals surface area contributed by atoms with Gasteiger partial charge < -0.3 is 9.47 Å². The lowest BCUT2D eigenvalue weighted by Gasteiger charge is -2.32. The fourth-order valence-electron chi connectivity index (χ4n) is 3.63. The molecule has 0 amide bonds. The highest BCUT2D eigenvalue weighted by Crippen LogP contribution is 2.39. The van der Waals surface area contributed by atoms with Crippen LogP contribution >= 0.6 is 0 Å². The standard InChI is InChI=1S/C26H20FNO7S/c1-2-34-22(29)16-28-23(24(30)17-8-4-3-5-9-17)25(20-10-6-7-11-21(20)36(28,32)33)35-26(31)18-12-14-19(27)15-13-18/h3-15H,2,16H2,1H3. The second-order valence-electron chi connectivity index (χ2n) is 7.58. The number of benzene rings is 3. The predicted octanol–water partition coefficient (Wildman–Crippen LogP) is 3.80. The van der Waals surface area contributed by atoms with Crippen LogP contribution in [0.4, 0.5) is 4.39 Å². The number of esters is 2. The highest BCUT2D eigenvalue weighted by atomic mass is 32.2. The molecular formula is C26H20FNO7S. The van der Waals surface area contributed by atoms with Gasteiger partial charge in [0.05, 0.1) is 17.1 Å². The summed E-state index contributed by atoms with van der Waals surface area (Å²) in [6.45, 7) is 0.719. The van der Waals surface area contributed by atoms with Crippen molar-refractivity contribution in [1.82, 2.24) is 4.31 Å². The van der Waals surface area contributed by atoms with Crippen molar-refractivity contribution in [2.45, 2.75) is 11.8 Å². The van der Waals surface area contributed by atoms with Crippen molar-refractivity contribution < 1.29 is 36.7 Å². The number of ether oxygens (including phenoxy) is 2. The minimum atomic E-state index is -4.42. The van der Waals surface area contributed by atoms with Crippen LogP contribution < -0.4 is 0 Å². The molecule has 1 aliphatic rings. The van der Waals surface area contributed by atoms with E-state index in [4.69, 9.17) is 9.47 Å². The lowest BCUT2D eigenvalue weighted by atomic mass is 10.0. The fourth-order valence-corrected chi connectivity index (χ4v) is 5.24. The molecule has 10 heteroatoms. The zero-order valence-corrected chi connectivity index (χ0v) is 19.8. The summed E-state index contributed by atoms with van der Waals surface area (Å²) < 4.78 is 51.6. The SMILES string of the molecule is CCOC(=O)CN1C(C(=O)c2ccccc2)=C(OC(=O)c2ccc(F)cc2)c2ccccc2S1(=O)=O. The Bertz CT molecular complexity index is 1470. The Morgan fingerprint density at radius 2 is 1.50 bits per heavy atom. The lowest BCUT2D eigenvalue weighted by molar-refractivity contribution is -0.142. The third-order valence-electron chi connectivity index (χ3n) is 5.27. The number of allylic oxidation sites excluding steroid dienone is 1. The average Bonchev–Trinajstić information content (AvgIpc) is 2.88. The topological polar surface area (TPSA) is 107 Å². The van der Waals surface area contributed by atoms with Gasteiger partial charge in [0.15, 0.2) is 5.76 Å². The van der Waals surface area contributed by atoms with Gasteiger partial charge in [0.25, 0.3) is 10.0 Å². The number of carbonyl (C=O) groups is 3. The van der Waals surface area contributed by atoms with E-state index in [1.165, 1.54) is 48.5 Å². The number of hydrogen-bond acceptors (Lipinski definition) is 7. The lowest BCUT2D eigenvalue weighted by Crippen LogP contribution is -2.42. The van der Waals surface area contributed by atoms with Crippen LogP contribution in [0.25, 0.3) is 5.76 Å². The van der Waals surface area contributed by atoms with Gasteiger partial charge in [-0.15, -0.1) is 0 Å². The molecule has 0 aliphatic carbocycles. The van der Waals surface area contributed by atoms with E-state index in [1.54, 1.807) is 25.1 Å². The molecule has 0 atom stereocenters. The van der Waals surface area contributed by atoms with Gasteiger partial charge >= 0.3 is 11.9 Å². The summed E-state index contributed by atoms with van der Waals surface area (Å²) in [6, 6.07) is 17.9. The van der Waals surface area contributed by atoms with Crippen LogP contribution in [0.5, 0.6) is 0 Å².